The second-order valence-corrected chi connectivity index (χ2v) is 5.01. The average molecular weight is 264 g/mol. The standard InChI is InChI=1S/C13H20N4S/c1-9(2)7-15-13(18)17-16-11(4)12-6-5-10(3)14-8-12/h5-6,8-9H,7H2,1-4H3,(H2,15,17,18)/b16-11+. The lowest BCUT2D eigenvalue weighted by molar-refractivity contribution is 0.621. The van der Waals surface area contributed by atoms with Crippen LogP contribution in [0.3, 0.4) is 0 Å². The summed E-state index contributed by atoms with van der Waals surface area (Å²) in [5.41, 5.74) is 5.67. The number of nitrogens with zero attached hydrogens (tertiary/aromatic N) is 2. The average Bonchev–Trinajstić information content (AvgIpc) is 2.34. The smallest absolute Gasteiger partial charge is 0.186 e. The third kappa shape index (κ3) is 5.23. The first-order valence-electron chi connectivity index (χ1n) is 6.00. The summed E-state index contributed by atoms with van der Waals surface area (Å²) in [4.78, 5) is 4.23. The van der Waals surface area contributed by atoms with Gasteiger partial charge >= 0.3 is 0 Å². The molecule has 4 nitrogen and oxygen atoms in total. The molecule has 0 aliphatic heterocycles. The molecule has 0 saturated heterocycles. The number of nitrogens with one attached hydrogen (secondary N) is 2. The largest absolute Gasteiger partial charge is 0.361 e. The lowest BCUT2D eigenvalue weighted by Gasteiger charge is -2.09. The molecule has 1 heterocycles. The van der Waals surface area contributed by atoms with Crippen molar-refractivity contribution in [2.45, 2.75) is 27.7 Å². The highest BCUT2D eigenvalue weighted by Gasteiger charge is 1.99. The first kappa shape index (κ1) is 14.6. The van der Waals surface area contributed by atoms with Gasteiger partial charge in [0.25, 0.3) is 0 Å². The minimum atomic E-state index is 0.545. The Kier molecular flexibility index (Phi) is 5.71. The molecule has 0 atom stereocenters. The van der Waals surface area contributed by atoms with Crippen molar-refractivity contribution in [3.8, 4) is 0 Å². The predicted octanol–water partition coefficient (Wildman–Crippen LogP) is 2.23. The van der Waals surface area contributed by atoms with E-state index in [1.807, 2.05) is 26.0 Å². The summed E-state index contributed by atoms with van der Waals surface area (Å²) in [7, 11) is 0. The minimum Gasteiger partial charge on any atom is -0.361 e. The third-order valence-electron chi connectivity index (χ3n) is 2.33. The van der Waals surface area contributed by atoms with Crippen LogP contribution in [0.4, 0.5) is 0 Å². The maximum absolute atomic E-state index is 5.12. The zero-order valence-electron chi connectivity index (χ0n) is 11.3. The first-order chi connectivity index (χ1) is 8.49. The molecule has 1 aromatic heterocycles. The van der Waals surface area contributed by atoms with Crippen LogP contribution in [-0.4, -0.2) is 22.4 Å². The van der Waals surface area contributed by atoms with E-state index >= 15 is 0 Å². The first-order valence-corrected chi connectivity index (χ1v) is 6.41. The molecule has 0 unspecified atom stereocenters. The van der Waals surface area contributed by atoms with Gasteiger partial charge in [-0.05, 0) is 44.1 Å². The molecular weight excluding hydrogens is 244 g/mol. The Labute approximate surface area is 114 Å². The molecule has 0 spiro atoms. The summed E-state index contributed by atoms with van der Waals surface area (Å²) in [6.07, 6.45) is 1.81. The van der Waals surface area contributed by atoms with Crippen molar-refractivity contribution < 1.29 is 0 Å². The number of pyridine rings is 1. The minimum absolute atomic E-state index is 0.545. The van der Waals surface area contributed by atoms with Crippen LogP contribution in [0, 0.1) is 12.8 Å². The van der Waals surface area contributed by atoms with Crippen LogP contribution in [-0.2, 0) is 0 Å². The van der Waals surface area contributed by atoms with Gasteiger partial charge in [0.1, 0.15) is 0 Å². The summed E-state index contributed by atoms with van der Waals surface area (Å²) in [5, 5.41) is 7.87. The van der Waals surface area contributed by atoms with E-state index in [-0.39, 0.29) is 0 Å². The van der Waals surface area contributed by atoms with E-state index in [4.69, 9.17) is 12.2 Å². The van der Waals surface area contributed by atoms with Gasteiger partial charge < -0.3 is 5.32 Å². The van der Waals surface area contributed by atoms with E-state index in [1.54, 1.807) is 6.20 Å². The Bertz CT molecular complexity index is 423. The maximum Gasteiger partial charge on any atom is 0.186 e. The molecule has 98 valence electrons. The van der Waals surface area contributed by atoms with Crippen molar-refractivity contribution in [1.82, 2.24) is 15.7 Å². The molecule has 18 heavy (non-hydrogen) atoms. The Morgan fingerprint density at radius 2 is 2.17 bits per heavy atom. The molecule has 0 aromatic carbocycles. The number of hydrogen-bond donors (Lipinski definition) is 2. The number of hydrazone groups is 1. The predicted molar refractivity (Wildman–Crippen MR) is 79.8 cm³/mol. The van der Waals surface area contributed by atoms with Crippen LogP contribution in [0.2, 0.25) is 0 Å². The molecule has 0 aliphatic carbocycles. The van der Waals surface area contributed by atoms with Crippen molar-refractivity contribution in [2.75, 3.05) is 6.54 Å². The fourth-order valence-electron chi connectivity index (χ4n) is 1.22. The van der Waals surface area contributed by atoms with Crippen molar-refractivity contribution in [1.29, 1.82) is 0 Å². The fraction of sp³-hybridized carbons (Fsp3) is 0.462. The normalized spacial score (nSPS) is 11.5. The highest BCUT2D eigenvalue weighted by molar-refractivity contribution is 7.80. The summed E-state index contributed by atoms with van der Waals surface area (Å²) >= 11 is 5.12. The van der Waals surface area contributed by atoms with Crippen molar-refractivity contribution in [3.05, 3.63) is 29.6 Å². The Morgan fingerprint density at radius 1 is 1.44 bits per heavy atom. The van der Waals surface area contributed by atoms with Crippen LogP contribution in [0.15, 0.2) is 23.4 Å². The molecule has 1 aromatic rings. The third-order valence-corrected chi connectivity index (χ3v) is 2.56. The van der Waals surface area contributed by atoms with Crippen LogP contribution in [0.5, 0.6) is 0 Å². The van der Waals surface area contributed by atoms with E-state index in [2.05, 4.69) is 34.7 Å². The van der Waals surface area contributed by atoms with Gasteiger partial charge in [0.05, 0.1) is 5.71 Å². The molecule has 0 amide bonds. The molecule has 0 radical (unpaired) electrons. The highest BCUT2D eigenvalue weighted by atomic mass is 32.1. The van der Waals surface area contributed by atoms with Crippen molar-refractivity contribution in [3.63, 3.8) is 0 Å². The molecule has 0 saturated carbocycles. The molecule has 0 bridgehead atoms. The molecule has 1 rings (SSSR count). The van der Waals surface area contributed by atoms with Gasteiger partial charge in [-0.15, -0.1) is 0 Å². The van der Waals surface area contributed by atoms with Gasteiger partial charge in [0.2, 0.25) is 0 Å². The van der Waals surface area contributed by atoms with E-state index in [0.717, 1.165) is 23.5 Å². The summed E-state index contributed by atoms with van der Waals surface area (Å²) in [6, 6.07) is 3.96. The molecular formula is C13H20N4S. The van der Waals surface area contributed by atoms with E-state index in [9.17, 15) is 0 Å². The van der Waals surface area contributed by atoms with Gasteiger partial charge in [0.15, 0.2) is 5.11 Å². The van der Waals surface area contributed by atoms with E-state index in [0.29, 0.717) is 11.0 Å². The quantitative estimate of drug-likeness (QED) is 0.497. The Hall–Kier alpha value is -1.49. The van der Waals surface area contributed by atoms with Gasteiger partial charge in [-0.3, -0.25) is 10.4 Å². The van der Waals surface area contributed by atoms with Crippen molar-refractivity contribution in [2.24, 2.45) is 11.0 Å². The van der Waals surface area contributed by atoms with Crippen molar-refractivity contribution >= 4 is 23.0 Å². The summed E-state index contributed by atoms with van der Waals surface area (Å²) in [6.45, 7) is 8.97. The zero-order valence-corrected chi connectivity index (χ0v) is 12.1. The lowest BCUT2D eigenvalue weighted by Crippen LogP contribution is -2.34. The number of thiocarbonyl (C=S) groups is 1. The van der Waals surface area contributed by atoms with Gasteiger partial charge in [-0.1, -0.05) is 13.8 Å². The lowest BCUT2D eigenvalue weighted by atomic mass is 10.2. The summed E-state index contributed by atoms with van der Waals surface area (Å²) in [5.74, 6) is 0.552. The summed E-state index contributed by atoms with van der Waals surface area (Å²) < 4.78 is 0. The Morgan fingerprint density at radius 3 is 2.72 bits per heavy atom. The fourth-order valence-corrected chi connectivity index (χ4v) is 1.35. The zero-order chi connectivity index (χ0) is 13.5. The maximum atomic E-state index is 5.12. The number of hydrogen-bond acceptors (Lipinski definition) is 3. The number of rotatable bonds is 4. The van der Waals surface area contributed by atoms with Gasteiger partial charge in [-0.2, -0.15) is 5.10 Å². The van der Waals surface area contributed by atoms with Crippen LogP contribution in [0.25, 0.3) is 0 Å². The highest BCUT2D eigenvalue weighted by Crippen LogP contribution is 2.00. The topological polar surface area (TPSA) is 49.3 Å². The number of aryl methyl sites for hydroxylation is 1. The SMILES string of the molecule is C/C(=N\NC(=S)NCC(C)C)c1ccc(C)nc1. The molecule has 2 N–H and O–H groups in total. The molecule has 5 heteroatoms. The van der Waals surface area contributed by atoms with Gasteiger partial charge in [0, 0.05) is 24.0 Å². The molecule has 0 fully saturated rings. The van der Waals surface area contributed by atoms with Crippen LogP contribution >= 0.6 is 12.2 Å². The second kappa shape index (κ2) is 7.06. The van der Waals surface area contributed by atoms with Gasteiger partial charge in [-0.25, -0.2) is 0 Å². The van der Waals surface area contributed by atoms with E-state index < -0.39 is 0 Å². The Balaban J connectivity index is 2.51. The van der Waals surface area contributed by atoms with Crippen LogP contribution < -0.4 is 10.7 Å². The van der Waals surface area contributed by atoms with E-state index in [1.165, 1.54) is 0 Å². The second-order valence-electron chi connectivity index (χ2n) is 4.60. The monoisotopic (exact) mass is 264 g/mol. The number of aromatic nitrogens is 1. The molecule has 0 aliphatic rings. The van der Waals surface area contributed by atoms with Crippen LogP contribution in [0.1, 0.15) is 32.0 Å².